The summed E-state index contributed by atoms with van der Waals surface area (Å²) in [5.41, 5.74) is -0.521. The predicted molar refractivity (Wildman–Crippen MR) is 60.9 cm³/mol. The molecule has 0 spiro atoms. The molecule has 1 aliphatic heterocycles. The van der Waals surface area contributed by atoms with Crippen LogP contribution in [0.5, 0.6) is 0 Å². The van der Waals surface area contributed by atoms with E-state index in [0.717, 1.165) is 0 Å². The van der Waals surface area contributed by atoms with Crippen molar-refractivity contribution >= 4 is 7.28 Å². The van der Waals surface area contributed by atoms with Crippen molar-refractivity contribution in [2.24, 2.45) is 0 Å². The Balaban J connectivity index is 2.42. The maximum absolute atomic E-state index is 5.77. The molecule has 0 aromatic rings. The summed E-state index contributed by atoms with van der Waals surface area (Å²) in [4.78, 5) is 0. The smallest absolute Gasteiger partial charge is 0.216 e. The summed E-state index contributed by atoms with van der Waals surface area (Å²) >= 11 is 0. The molecule has 0 aromatic carbocycles. The second-order valence-corrected chi connectivity index (χ2v) is 4.70. The van der Waals surface area contributed by atoms with Crippen LogP contribution >= 0.6 is 0 Å². The van der Waals surface area contributed by atoms with Gasteiger partial charge in [0.1, 0.15) is 6.19 Å². The van der Waals surface area contributed by atoms with Gasteiger partial charge in [0.05, 0.1) is 17.8 Å². The van der Waals surface area contributed by atoms with E-state index in [2.05, 4.69) is 0 Å². The zero-order valence-electron chi connectivity index (χ0n) is 10.2. The molecule has 15 heavy (non-hydrogen) atoms. The van der Waals surface area contributed by atoms with Gasteiger partial charge in [-0.3, -0.25) is 0 Å². The number of hydrogen-bond acceptors (Lipinski definition) is 3. The van der Waals surface area contributed by atoms with Gasteiger partial charge in [-0.1, -0.05) is 6.08 Å². The van der Waals surface area contributed by atoms with E-state index in [1.165, 1.54) is 0 Å². The first kappa shape index (κ1) is 12.8. The summed E-state index contributed by atoms with van der Waals surface area (Å²) in [7, 11) is 3.56. The third-order valence-electron chi connectivity index (χ3n) is 2.94. The largest absolute Gasteiger partial charge is 0.381 e. The Bertz CT molecular complexity index is 220. The lowest BCUT2D eigenvalue weighted by molar-refractivity contribution is -0.0269. The van der Waals surface area contributed by atoms with Crippen LogP contribution in [-0.2, 0) is 14.2 Å². The van der Waals surface area contributed by atoms with Crippen LogP contribution in [0, 0.1) is 0 Å². The van der Waals surface area contributed by atoms with E-state index in [0.29, 0.717) is 6.61 Å². The first-order chi connectivity index (χ1) is 6.89. The molecule has 1 aliphatic rings. The number of rotatable bonds is 4. The van der Waals surface area contributed by atoms with Gasteiger partial charge in [-0.2, -0.15) is 0 Å². The van der Waals surface area contributed by atoms with Gasteiger partial charge in [0.2, 0.25) is 7.28 Å². The molecule has 0 saturated carbocycles. The Morgan fingerprint density at radius 3 is 2.20 bits per heavy atom. The minimum absolute atomic E-state index is 0.261. The van der Waals surface area contributed by atoms with E-state index < -0.39 is 0 Å². The van der Waals surface area contributed by atoms with Gasteiger partial charge in [-0.05, 0) is 27.7 Å². The summed E-state index contributed by atoms with van der Waals surface area (Å²) < 4.78 is 16.4. The molecule has 1 fully saturated rings. The average molecular weight is 211 g/mol. The third kappa shape index (κ3) is 3.07. The van der Waals surface area contributed by atoms with Gasteiger partial charge in [0.25, 0.3) is 0 Å². The molecule has 0 N–H and O–H groups in total. The van der Waals surface area contributed by atoms with Gasteiger partial charge in [-0.25, -0.2) is 0 Å². The Morgan fingerprint density at radius 2 is 1.73 bits per heavy atom. The Hall–Kier alpha value is -0.315. The molecule has 1 heterocycles. The summed E-state index contributed by atoms with van der Waals surface area (Å²) in [6, 6.07) is 0. The van der Waals surface area contributed by atoms with Crippen molar-refractivity contribution in [1.29, 1.82) is 0 Å². The van der Waals surface area contributed by atoms with E-state index in [9.17, 15) is 0 Å². The Kier molecular flexibility index (Phi) is 3.98. The first-order valence-electron chi connectivity index (χ1n) is 5.23. The lowest BCUT2D eigenvalue weighted by Crippen LogP contribution is -2.41. The van der Waals surface area contributed by atoms with Gasteiger partial charge in [0, 0.05) is 7.11 Å². The fraction of sp³-hybridized carbons (Fsp3) is 0.818. The van der Waals surface area contributed by atoms with Crippen molar-refractivity contribution in [3.8, 4) is 0 Å². The fourth-order valence-electron chi connectivity index (χ4n) is 1.29. The fourth-order valence-corrected chi connectivity index (χ4v) is 1.29. The van der Waals surface area contributed by atoms with Crippen LogP contribution in [0.1, 0.15) is 27.7 Å². The standard InChI is InChI=1S/C11H20BO3/c1-10(2)11(3,4)15-9(14-10)12-7-6-8-13-5/h6-7,9H,8H2,1-5H3. The van der Waals surface area contributed by atoms with Gasteiger partial charge >= 0.3 is 0 Å². The summed E-state index contributed by atoms with van der Waals surface area (Å²) in [5, 5.41) is 0. The van der Waals surface area contributed by atoms with E-state index in [-0.39, 0.29) is 17.4 Å². The molecular formula is C11H20BO3. The van der Waals surface area contributed by atoms with Crippen LogP contribution in [0.2, 0.25) is 0 Å². The van der Waals surface area contributed by atoms with Crippen molar-refractivity contribution in [2.75, 3.05) is 13.7 Å². The molecule has 4 heteroatoms. The SMILES string of the molecule is COCC=C[B]C1OC(C)(C)C(C)(C)O1. The Morgan fingerprint density at radius 1 is 1.20 bits per heavy atom. The van der Waals surface area contributed by atoms with Crippen LogP contribution in [0.25, 0.3) is 0 Å². The minimum atomic E-state index is -0.261. The zero-order chi connectivity index (χ0) is 11.5. The van der Waals surface area contributed by atoms with Gasteiger partial charge in [0.15, 0.2) is 0 Å². The molecule has 1 radical (unpaired) electrons. The molecular weight excluding hydrogens is 191 g/mol. The normalized spacial score (nSPS) is 24.9. The monoisotopic (exact) mass is 211 g/mol. The summed E-state index contributed by atoms with van der Waals surface area (Å²) in [6.45, 7) is 8.77. The van der Waals surface area contributed by atoms with E-state index >= 15 is 0 Å². The highest BCUT2D eigenvalue weighted by Gasteiger charge is 2.48. The van der Waals surface area contributed by atoms with Gasteiger partial charge < -0.3 is 14.2 Å². The minimum Gasteiger partial charge on any atom is -0.381 e. The van der Waals surface area contributed by atoms with Crippen LogP contribution in [-0.4, -0.2) is 38.4 Å². The first-order valence-corrected chi connectivity index (χ1v) is 5.23. The van der Waals surface area contributed by atoms with Crippen LogP contribution < -0.4 is 0 Å². The lowest BCUT2D eigenvalue weighted by Gasteiger charge is -2.30. The quantitative estimate of drug-likeness (QED) is 0.663. The molecule has 85 valence electrons. The highest BCUT2D eigenvalue weighted by molar-refractivity contribution is 6.43. The number of ether oxygens (including phenoxy) is 3. The maximum atomic E-state index is 5.77. The maximum Gasteiger partial charge on any atom is 0.216 e. The average Bonchev–Trinajstić information content (AvgIpc) is 2.30. The highest BCUT2D eigenvalue weighted by Crippen LogP contribution is 2.37. The van der Waals surface area contributed by atoms with Crippen LogP contribution in [0.4, 0.5) is 0 Å². The molecule has 0 aliphatic carbocycles. The van der Waals surface area contributed by atoms with Crippen molar-refractivity contribution < 1.29 is 14.2 Å². The third-order valence-corrected chi connectivity index (χ3v) is 2.94. The Labute approximate surface area is 93.0 Å². The lowest BCUT2D eigenvalue weighted by atomic mass is 9.77. The molecule has 0 atom stereocenters. The molecule has 0 amide bonds. The molecule has 0 unspecified atom stereocenters. The second kappa shape index (κ2) is 4.68. The highest BCUT2D eigenvalue weighted by atomic mass is 16.7. The van der Waals surface area contributed by atoms with Crippen LogP contribution in [0.3, 0.4) is 0 Å². The zero-order valence-corrected chi connectivity index (χ0v) is 10.2. The molecule has 1 rings (SSSR count). The number of hydrogen-bond donors (Lipinski definition) is 0. The molecule has 1 saturated heterocycles. The van der Waals surface area contributed by atoms with E-state index in [1.54, 1.807) is 7.11 Å². The van der Waals surface area contributed by atoms with Crippen molar-refractivity contribution in [3.05, 3.63) is 12.1 Å². The predicted octanol–water partition coefficient (Wildman–Crippen LogP) is 1.74. The molecule has 0 bridgehead atoms. The van der Waals surface area contributed by atoms with Gasteiger partial charge in [-0.15, -0.1) is 5.98 Å². The van der Waals surface area contributed by atoms with Crippen LogP contribution in [0.15, 0.2) is 12.1 Å². The second-order valence-electron chi connectivity index (χ2n) is 4.70. The van der Waals surface area contributed by atoms with Crippen molar-refractivity contribution in [1.82, 2.24) is 0 Å². The molecule has 3 nitrogen and oxygen atoms in total. The molecule has 0 aromatic heterocycles. The van der Waals surface area contributed by atoms with Crippen molar-refractivity contribution in [2.45, 2.75) is 45.1 Å². The van der Waals surface area contributed by atoms with Crippen molar-refractivity contribution in [3.63, 3.8) is 0 Å². The number of methoxy groups -OCH3 is 1. The summed E-state index contributed by atoms with van der Waals surface area (Å²) in [6.07, 6.45) is 1.66. The van der Waals surface area contributed by atoms with E-state index in [4.69, 9.17) is 14.2 Å². The van der Waals surface area contributed by atoms with E-state index in [1.807, 2.05) is 47.0 Å². The summed E-state index contributed by atoms with van der Waals surface area (Å²) in [5.74, 6) is 1.91. The topological polar surface area (TPSA) is 27.7 Å².